The van der Waals surface area contributed by atoms with Crippen LogP contribution in [-0.4, -0.2) is 44.4 Å². The summed E-state index contributed by atoms with van der Waals surface area (Å²) in [5, 5.41) is 28.7. The van der Waals surface area contributed by atoms with Crippen molar-refractivity contribution >= 4 is 47.3 Å². The molecule has 0 atom stereocenters. The summed E-state index contributed by atoms with van der Waals surface area (Å²) in [7, 11) is 0. The van der Waals surface area contributed by atoms with Crippen molar-refractivity contribution in [2.24, 2.45) is 5.10 Å². The summed E-state index contributed by atoms with van der Waals surface area (Å²) < 4.78 is 0. The molecule has 0 radical (unpaired) electrons. The predicted molar refractivity (Wildman–Crippen MR) is 104 cm³/mol. The maximum atomic E-state index is 11.7. The van der Waals surface area contributed by atoms with Gasteiger partial charge in [-0.1, -0.05) is 23.2 Å². The van der Waals surface area contributed by atoms with Crippen molar-refractivity contribution in [2.75, 3.05) is 0 Å². The van der Waals surface area contributed by atoms with E-state index in [1.165, 1.54) is 30.7 Å². The number of aromatic hydroxyl groups is 1. The van der Waals surface area contributed by atoms with Crippen LogP contribution in [0.5, 0.6) is 5.75 Å². The molecule has 4 N–H and O–H groups in total. The van der Waals surface area contributed by atoms with Crippen molar-refractivity contribution in [3.05, 3.63) is 57.8 Å². The topological polar surface area (TPSA) is 149 Å². The zero-order valence-corrected chi connectivity index (χ0v) is 19.9. The molecule has 1 aromatic carbocycles. The number of carboxylic acid groups (broad SMARTS) is 2. The maximum absolute atomic E-state index is 11.7. The molecule has 0 unspecified atom stereocenters. The van der Waals surface area contributed by atoms with E-state index in [0.717, 1.165) is 13.8 Å². The Bertz CT molecular complexity index is 831. The van der Waals surface area contributed by atoms with Gasteiger partial charge in [0.2, 0.25) is 0 Å². The first kappa shape index (κ1) is 28.7. The van der Waals surface area contributed by atoms with Gasteiger partial charge in [-0.05, 0) is 24.3 Å². The van der Waals surface area contributed by atoms with Crippen LogP contribution >= 0.6 is 23.2 Å². The van der Waals surface area contributed by atoms with Gasteiger partial charge in [-0.25, -0.2) is 5.43 Å². The van der Waals surface area contributed by atoms with E-state index in [9.17, 15) is 9.90 Å². The quantitative estimate of drug-likeness (QED) is 0.290. The SMILES string of the molecule is CC(=O)O.CC(=O)O.O=C(N/N=C/c1cc(Cl)cc(Cl)c1O)c1ccncc1.[Zn]. The van der Waals surface area contributed by atoms with Crippen molar-refractivity contribution in [3.8, 4) is 5.75 Å². The van der Waals surface area contributed by atoms with Gasteiger partial charge >= 0.3 is 0 Å². The molecule has 9 nitrogen and oxygen atoms in total. The van der Waals surface area contributed by atoms with Gasteiger partial charge < -0.3 is 15.3 Å². The van der Waals surface area contributed by atoms with E-state index >= 15 is 0 Å². The Labute approximate surface area is 189 Å². The van der Waals surface area contributed by atoms with E-state index < -0.39 is 17.8 Å². The van der Waals surface area contributed by atoms with Crippen LogP contribution in [0, 0.1) is 0 Å². The maximum Gasteiger partial charge on any atom is 0.300 e. The molecule has 0 aliphatic carbocycles. The molecule has 0 saturated heterocycles. The number of nitrogens with zero attached hydrogens (tertiary/aromatic N) is 2. The van der Waals surface area contributed by atoms with Crippen LogP contribution in [0.4, 0.5) is 0 Å². The molecule has 0 aliphatic rings. The van der Waals surface area contributed by atoms with Crippen LogP contribution < -0.4 is 5.43 Å². The predicted octanol–water partition coefficient (Wildman–Crippen LogP) is 3.04. The molecule has 0 fully saturated rings. The molecule has 0 saturated carbocycles. The van der Waals surface area contributed by atoms with Gasteiger partial charge in [0.05, 0.1) is 11.2 Å². The smallest absolute Gasteiger partial charge is 0.300 e. The summed E-state index contributed by atoms with van der Waals surface area (Å²) >= 11 is 11.6. The molecular weight excluding hydrogens is 478 g/mol. The first-order chi connectivity index (χ1) is 13.0. The van der Waals surface area contributed by atoms with E-state index in [1.807, 2.05) is 0 Å². The molecule has 2 aromatic rings. The number of hydrazone groups is 1. The minimum atomic E-state index is -0.833. The third-order valence-electron chi connectivity index (χ3n) is 2.37. The summed E-state index contributed by atoms with van der Waals surface area (Å²) in [6.07, 6.45) is 4.26. The average Bonchev–Trinajstić information content (AvgIpc) is 2.58. The molecule has 152 valence electrons. The van der Waals surface area contributed by atoms with E-state index in [0.29, 0.717) is 16.1 Å². The molecule has 1 heterocycles. The van der Waals surface area contributed by atoms with Gasteiger partial charge in [-0.3, -0.25) is 19.4 Å². The monoisotopic (exact) mass is 493 g/mol. The minimum Gasteiger partial charge on any atom is -0.506 e. The van der Waals surface area contributed by atoms with Gasteiger partial charge in [-0.2, -0.15) is 5.10 Å². The Morgan fingerprint density at radius 3 is 2.03 bits per heavy atom. The molecule has 1 aromatic heterocycles. The van der Waals surface area contributed by atoms with Gasteiger partial charge in [0.25, 0.3) is 17.8 Å². The van der Waals surface area contributed by atoms with Crippen LogP contribution in [0.2, 0.25) is 10.0 Å². The minimum absolute atomic E-state index is 0. The molecular formula is C17H17Cl2N3O6Zn. The van der Waals surface area contributed by atoms with Gasteiger partial charge in [0, 0.05) is 61.9 Å². The van der Waals surface area contributed by atoms with Gasteiger partial charge in [0.1, 0.15) is 5.75 Å². The number of rotatable bonds is 3. The Balaban J connectivity index is 0. The molecule has 2 rings (SSSR count). The number of hydrogen-bond donors (Lipinski definition) is 4. The molecule has 0 aliphatic heterocycles. The van der Waals surface area contributed by atoms with Crippen LogP contribution in [0.25, 0.3) is 0 Å². The van der Waals surface area contributed by atoms with E-state index in [1.54, 1.807) is 12.1 Å². The molecule has 0 bridgehead atoms. The fourth-order valence-electron chi connectivity index (χ4n) is 1.41. The number of aromatic nitrogens is 1. The number of hydrogen-bond acceptors (Lipinski definition) is 6. The first-order valence-corrected chi connectivity index (χ1v) is 8.10. The number of benzene rings is 1. The van der Waals surface area contributed by atoms with Crippen LogP contribution in [0.3, 0.4) is 0 Å². The van der Waals surface area contributed by atoms with Crippen molar-refractivity contribution in [2.45, 2.75) is 13.8 Å². The normalized spacial score (nSPS) is 9.10. The fourth-order valence-corrected chi connectivity index (χ4v) is 1.92. The van der Waals surface area contributed by atoms with E-state index in [-0.39, 0.29) is 30.3 Å². The largest absolute Gasteiger partial charge is 0.506 e. The van der Waals surface area contributed by atoms with Crippen molar-refractivity contribution in [1.82, 2.24) is 10.4 Å². The van der Waals surface area contributed by atoms with Crippen molar-refractivity contribution in [1.29, 1.82) is 0 Å². The molecule has 12 heteroatoms. The van der Waals surface area contributed by atoms with Crippen LogP contribution in [0.15, 0.2) is 41.8 Å². The number of aliphatic carboxylic acids is 2. The number of phenols is 1. The third-order valence-corrected chi connectivity index (χ3v) is 2.88. The second kappa shape index (κ2) is 15.4. The van der Waals surface area contributed by atoms with Crippen molar-refractivity contribution < 1.29 is 49.2 Å². The third kappa shape index (κ3) is 14.2. The molecule has 0 spiro atoms. The van der Waals surface area contributed by atoms with Crippen molar-refractivity contribution in [3.63, 3.8) is 0 Å². The van der Waals surface area contributed by atoms with Gasteiger partial charge in [0.15, 0.2) is 0 Å². The molecule has 29 heavy (non-hydrogen) atoms. The van der Waals surface area contributed by atoms with E-state index in [4.69, 9.17) is 43.0 Å². The van der Waals surface area contributed by atoms with Crippen LogP contribution in [0.1, 0.15) is 29.8 Å². The summed E-state index contributed by atoms with van der Waals surface area (Å²) in [6.45, 7) is 2.17. The van der Waals surface area contributed by atoms with E-state index in [2.05, 4.69) is 15.5 Å². The number of amides is 1. The van der Waals surface area contributed by atoms with Gasteiger partial charge in [-0.15, -0.1) is 0 Å². The summed E-state index contributed by atoms with van der Waals surface area (Å²) in [4.78, 5) is 33.5. The Morgan fingerprint density at radius 1 is 1.07 bits per heavy atom. The zero-order valence-electron chi connectivity index (χ0n) is 15.5. The number of nitrogens with one attached hydrogen (secondary N) is 1. The summed E-state index contributed by atoms with van der Waals surface area (Å²) in [5.74, 6) is -2.21. The Kier molecular flexibility index (Phi) is 15.2. The number of carbonyl (C=O) groups excluding carboxylic acids is 1. The number of carbonyl (C=O) groups is 3. The number of pyridine rings is 1. The summed E-state index contributed by atoms with van der Waals surface area (Å²) in [5.41, 5.74) is 3.04. The fraction of sp³-hybridized carbons (Fsp3) is 0.118. The number of halogens is 2. The Hall–Kier alpha value is -2.55. The average molecular weight is 496 g/mol. The second-order valence-corrected chi connectivity index (χ2v) is 5.64. The second-order valence-electron chi connectivity index (χ2n) is 4.80. The summed E-state index contributed by atoms with van der Waals surface area (Å²) in [6, 6.07) is 5.99. The number of carboxylic acids is 2. The standard InChI is InChI=1S/C13H9Cl2N3O2.2C2H4O2.Zn/c14-10-5-9(12(19)11(15)6-10)7-17-18-13(20)8-1-3-16-4-2-8;2*1-2(3)4;/h1-7,19H,(H,18,20);2*1H3,(H,3,4);/b17-7+;;;. The Morgan fingerprint density at radius 2 is 1.55 bits per heavy atom. The van der Waals surface area contributed by atoms with Crippen LogP contribution in [-0.2, 0) is 29.1 Å². The number of phenolic OH excluding ortho intramolecular Hbond substituents is 1. The first-order valence-electron chi connectivity index (χ1n) is 7.35. The molecule has 1 amide bonds. The zero-order chi connectivity index (χ0) is 21.7.